The second-order valence-corrected chi connectivity index (χ2v) is 4.18. The van der Waals surface area contributed by atoms with Crippen molar-refractivity contribution >= 4 is 10.9 Å². The van der Waals surface area contributed by atoms with E-state index in [1.165, 1.54) is 11.1 Å². The Kier molecular flexibility index (Phi) is 2.79. The molecule has 0 unspecified atom stereocenters. The van der Waals surface area contributed by atoms with Gasteiger partial charge in [-0.15, -0.1) is 0 Å². The van der Waals surface area contributed by atoms with Crippen molar-refractivity contribution in [3.63, 3.8) is 0 Å². The Morgan fingerprint density at radius 1 is 1.19 bits per heavy atom. The molecule has 0 atom stereocenters. The zero-order valence-corrected chi connectivity index (χ0v) is 9.85. The maximum absolute atomic E-state index is 11.7. The van der Waals surface area contributed by atoms with Crippen molar-refractivity contribution in [3.8, 4) is 0 Å². The summed E-state index contributed by atoms with van der Waals surface area (Å²) in [5.41, 5.74) is 4.12. The minimum Gasteiger partial charge on any atom is -0.322 e. The monoisotopic (exact) mass is 216 g/mol. The number of aryl methyl sites for hydroxylation is 2. The Bertz CT molecular complexity index is 584. The van der Waals surface area contributed by atoms with Crippen molar-refractivity contribution in [2.24, 2.45) is 0 Å². The van der Waals surface area contributed by atoms with Crippen molar-refractivity contribution < 1.29 is 0 Å². The number of fused-ring (bicyclic) bond motifs is 1. The Hall–Kier alpha value is -1.61. The minimum absolute atomic E-state index is 0.00916. The maximum Gasteiger partial charge on any atom is 0.252 e. The van der Waals surface area contributed by atoms with Crippen molar-refractivity contribution in [3.05, 3.63) is 45.2 Å². The number of pyridine rings is 1. The molecular weight excluding hydrogens is 200 g/mol. The van der Waals surface area contributed by atoms with Crippen LogP contribution in [0.3, 0.4) is 0 Å². The molecule has 16 heavy (non-hydrogen) atoms. The first-order chi connectivity index (χ1) is 7.61. The largest absolute Gasteiger partial charge is 0.322 e. The fourth-order valence-corrected chi connectivity index (χ4v) is 1.84. The second-order valence-electron chi connectivity index (χ2n) is 4.18. The highest BCUT2D eigenvalue weighted by Gasteiger charge is 2.03. The molecular formula is C13H16N2O. The molecule has 1 aromatic heterocycles. The molecule has 1 heterocycles. The van der Waals surface area contributed by atoms with E-state index < -0.39 is 0 Å². The van der Waals surface area contributed by atoms with E-state index in [-0.39, 0.29) is 5.56 Å². The number of nitrogens with one attached hydrogen (secondary N) is 2. The first kappa shape index (κ1) is 10.9. The molecule has 1 aromatic carbocycles. The Balaban J connectivity index is 2.70. The Morgan fingerprint density at radius 3 is 2.56 bits per heavy atom. The lowest BCUT2D eigenvalue weighted by molar-refractivity contribution is 0.808. The smallest absolute Gasteiger partial charge is 0.252 e. The van der Waals surface area contributed by atoms with E-state index in [0.717, 1.165) is 16.5 Å². The topological polar surface area (TPSA) is 44.9 Å². The first-order valence-corrected chi connectivity index (χ1v) is 5.39. The summed E-state index contributed by atoms with van der Waals surface area (Å²) in [6.45, 7) is 4.73. The van der Waals surface area contributed by atoms with Gasteiger partial charge in [0.15, 0.2) is 0 Å². The van der Waals surface area contributed by atoms with Crippen molar-refractivity contribution in [2.75, 3.05) is 7.05 Å². The quantitative estimate of drug-likeness (QED) is 0.805. The predicted octanol–water partition coefficient (Wildman–Crippen LogP) is 1.86. The lowest BCUT2D eigenvalue weighted by Crippen LogP contribution is -2.18. The summed E-state index contributed by atoms with van der Waals surface area (Å²) in [4.78, 5) is 14.6. The van der Waals surface area contributed by atoms with Gasteiger partial charge in [0, 0.05) is 17.6 Å². The van der Waals surface area contributed by atoms with Crippen LogP contribution in [-0.4, -0.2) is 12.0 Å². The van der Waals surface area contributed by atoms with Crippen molar-refractivity contribution in [2.45, 2.75) is 20.4 Å². The summed E-state index contributed by atoms with van der Waals surface area (Å²) in [7, 11) is 1.84. The van der Waals surface area contributed by atoms with Gasteiger partial charge in [-0.25, -0.2) is 0 Å². The van der Waals surface area contributed by atoms with Crippen LogP contribution in [0.25, 0.3) is 10.9 Å². The molecule has 0 aliphatic rings. The fourth-order valence-electron chi connectivity index (χ4n) is 1.84. The summed E-state index contributed by atoms with van der Waals surface area (Å²) < 4.78 is 0. The summed E-state index contributed by atoms with van der Waals surface area (Å²) in [6, 6.07) is 6.09. The van der Waals surface area contributed by atoms with E-state index in [4.69, 9.17) is 0 Å². The third-order valence-electron chi connectivity index (χ3n) is 2.90. The SMILES string of the molecule is CNCc1cc2cc(C)c(C)cc2[nH]c1=O. The number of benzene rings is 1. The normalized spacial score (nSPS) is 10.9. The molecule has 0 saturated heterocycles. The van der Waals surface area contributed by atoms with Gasteiger partial charge in [-0.3, -0.25) is 4.79 Å². The van der Waals surface area contributed by atoms with Gasteiger partial charge >= 0.3 is 0 Å². The molecule has 2 aromatic rings. The van der Waals surface area contributed by atoms with Crippen LogP contribution in [-0.2, 0) is 6.54 Å². The van der Waals surface area contributed by atoms with E-state index in [2.05, 4.69) is 30.2 Å². The molecule has 0 amide bonds. The Labute approximate surface area is 94.5 Å². The third-order valence-corrected chi connectivity index (χ3v) is 2.90. The van der Waals surface area contributed by atoms with Crippen LogP contribution in [0.2, 0.25) is 0 Å². The molecule has 2 N–H and O–H groups in total. The van der Waals surface area contributed by atoms with E-state index >= 15 is 0 Å². The van der Waals surface area contributed by atoms with Gasteiger partial charge in [0.2, 0.25) is 0 Å². The molecule has 0 radical (unpaired) electrons. The van der Waals surface area contributed by atoms with Gasteiger partial charge in [-0.05, 0) is 55.6 Å². The number of hydrogen-bond acceptors (Lipinski definition) is 2. The van der Waals surface area contributed by atoms with Gasteiger partial charge in [-0.1, -0.05) is 0 Å². The van der Waals surface area contributed by atoms with Gasteiger partial charge in [0.25, 0.3) is 5.56 Å². The fraction of sp³-hybridized carbons (Fsp3) is 0.308. The molecule has 0 bridgehead atoms. The van der Waals surface area contributed by atoms with Gasteiger partial charge < -0.3 is 10.3 Å². The van der Waals surface area contributed by atoms with E-state index in [0.29, 0.717) is 6.54 Å². The highest BCUT2D eigenvalue weighted by atomic mass is 16.1. The standard InChI is InChI=1S/C13H16N2O/c1-8-4-10-6-11(7-14-3)13(16)15-12(10)5-9(8)2/h4-6,14H,7H2,1-3H3,(H,15,16). The molecule has 3 heteroatoms. The zero-order valence-electron chi connectivity index (χ0n) is 9.85. The molecule has 3 nitrogen and oxygen atoms in total. The molecule has 0 saturated carbocycles. The average Bonchev–Trinajstić information content (AvgIpc) is 2.23. The highest BCUT2D eigenvalue weighted by Crippen LogP contribution is 2.16. The minimum atomic E-state index is -0.00916. The molecule has 0 spiro atoms. The number of hydrogen-bond donors (Lipinski definition) is 2. The lowest BCUT2D eigenvalue weighted by Gasteiger charge is -2.06. The lowest BCUT2D eigenvalue weighted by atomic mass is 10.1. The zero-order chi connectivity index (χ0) is 11.7. The van der Waals surface area contributed by atoms with Crippen LogP contribution < -0.4 is 10.9 Å². The number of aromatic nitrogens is 1. The van der Waals surface area contributed by atoms with E-state index in [1.54, 1.807) is 0 Å². The summed E-state index contributed by atoms with van der Waals surface area (Å²) in [5.74, 6) is 0. The number of rotatable bonds is 2. The summed E-state index contributed by atoms with van der Waals surface area (Å²) >= 11 is 0. The molecule has 2 rings (SSSR count). The third kappa shape index (κ3) is 1.86. The summed E-state index contributed by atoms with van der Waals surface area (Å²) in [6.07, 6.45) is 0. The van der Waals surface area contributed by atoms with Crippen molar-refractivity contribution in [1.29, 1.82) is 0 Å². The van der Waals surface area contributed by atoms with Gasteiger partial charge in [0.05, 0.1) is 0 Å². The van der Waals surface area contributed by atoms with Crippen LogP contribution in [0, 0.1) is 13.8 Å². The second kappa shape index (κ2) is 4.10. The van der Waals surface area contributed by atoms with Crippen LogP contribution in [0.5, 0.6) is 0 Å². The predicted molar refractivity (Wildman–Crippen MR) is 66.8 cm³/mol. The van der Waals surface area contributed by atoms with Crippen molar-refractivity contribution in [1.82, 2.24) is 10.3 Å². The first-order valence-electron chi connectivity index (χ1n) is 5.39. The van der Waals surface area contributed by atoms with Crippen LogP contribution in [0.1, 0.15) is 16.7 Å². The highest BCUT2D eigenvalue weighted by molar-refractivity contribution is 5.80. The molecule has 84 valence electrons. The Morgan fingerprint density at radius 2 is 1.88 bits per heavy atom. The average molecular weight is 216 g/mol. The summed E-state index contributed by atoms with van der Waals surface area (Å²) in [5, 5.41) is 4.09. The molecule has 0 fully saturated rings. The number of aromatic amines is 1. The van der Waals surface area contributed by atoms with Crippen LogP contribution in [0.4, 0.5) is 0 Å². The van der Waals surface area contributed by atoms with E-state index in [9.17, 15) is 4.79 Å². The number of H-pyrrole nitrogens is 1. The van der Waals surface area contributed by atoms with E-state index in [1.807, 2.05) is 19.2 Å². The molecule has 0 aliphatic carbocycles. The van der Waals surface area contributed by atoms with Gasteiger partial charge in [-0.2, -0.15) is 0 Å². The maximum atomic E-state index is 11.7. The van der Waals surface area contributed by atoms with Gasteiger partial charge in [0.1, 0.15) is 0 Å². The molecule has 0 aliphatic heterocycles. The van der Waals surface area contributed by atoms with Crippen LogP contribution in [0.15, 0.2) is 23.0 Å². The van der Waals surface area contributed by atoms with Crippen LogP contribution >= 0.6 is 0 Å².